The average molecular weight is 399 g/mol. The van der Waals surface area contributed by atoms with E-state index in [0.29, 0.717) is 10.6 Å². The Labute approximate surface area is 164 Å². The summed E-state index contributed by atoms with van der Waals surface area (Å²) in [6.07, 6.45) is 3.31. The second-order valence-electron chi connectivity index (χ2n) is 5.51. The number of aromatic nitrogens is 3. The molecule has 0 spiro atoms. The van der Waals surface area contributed by atoms with Crippen LogP contribution in [0, 0.1) is 0 Å². The van der Waals surface area contributed by atoms with E-state index in [1.54, 1.807) is 36.4 Å². The normalized spacial score (nSPS) is 11.0. The zero-order valence-electron chi connectivity index (χ0n) is 14.1. The molecule has 6 nitrogen and oxygen atoms in total. The second-order valence-corrected chi connectivity index (χ2v) is 6.88. The van der Waals surface area contributed by atoms with E-state index in [9.17, 15) is 9.59 Å². The van der Waals surface area contributed by atoms with Crippen molar-refractivity contribution in [2.75, 3.05) is 11.6 Å². The third kappa shape index (κ3) is 4.84. The zero-order chi connectivity index (χ0) is 19.2. The van der Waals surface area contributed by atoms with Gasteiger partial charge < -0.3 is 5.84 Å². The van der Waals surface area contributed by atoms with E-state index in [0.717, 1.165) is 22.0 Å². The van der Waals surface area contributed by atoms with Gasteiger partial charge in [0.25, 0.3) is 5.56 Å². The molecule has 2 aromatic carbocycles. The van der Waals surface area contributed by atoms with Gasteiger partial charge >= 0.3 is 0 Å². The van der Waals surface area contributed by atoms with Crippen LogP contribution in [0.25, 0.3) is 12.2 Å². The number of nitrogens with zero attached hydrogens (tertiary/aromatic N) is 3. The van der Waals surface area contributed by atoms with Crippen molar-refractivity contribution in [2.24, 2.45) is 0 Å². The number of benzene rings is 2. The maximum atomic E-state index is 12.3. The van der Waals surface area contributed by atoms with Gasteiger partial charge in [0.1, 0.15) is 0 Å². The molecule has 0 saturated heterocycles. The highest BCUT2D eigenvalue weighted by atomic mass is 35.5. The fourth-order valence-corrected chi connectivity index (χ4v) is 3.06. The van der Waals surface area contributed by atoms with Gasteiger partial charge in [0.2, 0.25) is 5.16 Å². The van der Waals surface area contributed by atoms with Gasteiger partial charge in [-0.1, -0.05) is 59.8 Å². The second kappa shape index (κ2) is 8.66. The number of hydrogen-bond donors (Lipinski definition) is 1. The fraction of sp³-hybridized carbons (Fsp3) is 0.0526. The third-order valence-electron chi connectivity index (χ3n) is 3.62. The summed E-state index contributed by atoms with van der Waals surface area (Å²) in [5.41, 5.74) is 1.08. The van der Waals surface area contributed by atoms with Crippen LogP contribution < -0.4 is 11.4 Å². The van der Waals surface area contributed by atoms with E-state index in [1.165, 1.54) is 0 Å². The van der Waals surface area contributed by atoms with Crippen LogP contribution in [0.3, 0.4) is 0 Å². The van der Waals surface area contributed by atoms with Crippen molar-refractivity contribution in [1.29, 1.82) is 0 Å². The molecular weight excluding hydrogens is 384 g/mol. The first-order chi connectivity index (χ1) is 13.0. The van der Waals surface area contributed by atoms with Crippen molar-refractivity contribution in [1.82, 2.24) is 14.9 Å². The lowest BCUT2D eigenvalue weighted by molar-refractivity contribution is 0.102. The van der Waals surface area contributed by atoms with Crippen LogP contribution in [-0.4, -0.2) is 26.4 Å². The van der Waals surface area contributed by atoms with Gasteiger partial charge in [-0.05, 0) is 35.9 Å². The van der Waals surface area contributed by atoms with Crippen LogP contribution in [0.4, 0.5) is 0 Å². The van der Waals surface area contributed by atoms with Gasteiger partial charge in [-0.15, -0.1) is 10.2 Å². The Bertz CT molecular complexity index is 1030. The van der Waals surface area contributed by atoms with Crippen molar-refractivity contribution in [3.63, 3.8) is 0 Å². The molecule has 0 saturated carbocycles. The largest absolute Gasteiger partial charge is 0.334 e. The summed E-state index contributed by atoms with van der Waals surface area (Å²) < 4.78 is 0.900. The smallest absolute Gasteiger partial charge is 0.298 e. The minimum Gasteiger partial charge on any atom is -0.334 e. The number of Topliss-reactive ketones (excluding diaryl/α,β-unsaturated/α-hetero) is 1. The summed E-state index contributed by atoms with van der Waals surface area (Å²) in [6.45, 7) is 0. The van der Waals surface area contributed by atoms with Gasteiger partial charge in [-0.25, -0.2) is 0 Å². The highest BCUT2D eigenvalue weighted by Gasteiger charge is 2.12. The molecule has 0 fully saturated rings. The van der Waals surface area contributed by atoms with Crippen LogP contribution in [0.15, 0.2) is 64.5 Å². The molecule has 136 valence electrons. The Hall–Kier alpha value is -2.90. The van der Waals surface area contributed by atoms with Gasteiger partial charge in [0.15, 0.2) is 11.5 Å². The molecule has 1 aromatic heterocycles. The molecule has 0 atom stereocenters. The number of carbonyl (C=O) groups is 1. The lowest BCUT2D eigenvalue weighted by Crippen LogP contribution is -2.32. The highest BCUT2D eigenvalue weighted by Crippen LogP contribution is 2.16. The van der Waals surface area contributed by atoms with Crippen LogP contribution in [-0.2, 0) is 0 Å². The van der Waals surface area contributed by atoms with Crippen molar-refractivity contribution in [2.45, 2.75) is 5.16 Å². The molecule has 0 amide bonds. The van der Waals surface area contributed by atoms with Gasteiger partial charge in [0.05, 0.1) is 5.75 Å². The summed E-state index contributed by atoms with van der Waals surface area (Å²) in [5, 5.41) is 8.60. The first kappa shape index (κ1) is 18.9. The molecule has 0 radical (unpaired) electrons. The van der Waals surface area contributed by atoms with E-state index in [4.69, 9.17) is 17.4 Å². The lowest BCUT2D eigenvalue weighted by atomic mass is 10.1. The van der Waals surface area contributed by atoms with E-state index < -0.39 is 5.56 Å². The molecule has 3 rings (SSSR count). The van der Waals surface area contributed by atoms with Crippen molar-refractivity contribution < 1.29 is 4.79 Å². The number of carbonyl (C=O) groups excluding carboxylic acids is 1. The Balaban J connectivity index is 1.71. The number of nitrogen functional groups attached to an aromatic ring is 1. The predicted octanol–water partition coefficient (Wildman–Crippen LogP) is 3.15. The fourth-order valence-electron chi connectivity index (χ4n) is 2.19. The Morgan fingerprint density at radius 3 is 2.48 bits per heavy atom. The molecule has 27 heavy (non-hydrogen) atoms. The Morgan fingerprint density at radius 1 is 1.07 bits per heavy atom. The first-order valence-corrected chi connectivity index (χ1v) is 9.30. The highest BCUT2D eigenvalue weighted by molar-refractivity contribution is 7.99. The topological polar surface area (TPSA) is 90.9 Å². The quantitative estimate of drug-likeness (QED) is 0.389. The number of nitrogens with two attached hydrogens (primary N) is 1. The number of halogens is 1. The first-order valence-electron chi connectivity index (χ1n) is 7.94. The van der Waals surface area contributed by atoms with Crippen molar-refractivity contribution in [3.05, 3.63) is 86.8 Å². The standard InChI is InChI=1S/C19H15ClN4O2S/c20-15-9-7-14(8-10-15)17(25)12-27-19-23-22-16(18(26)24(19)21)11-6-13-4-2-1-3-5-13/h1-11H,12,21H2/b11-6+. The minimum absolute atomic E-state index is 0.0755. The summed E-state index contributed by atoms with van der Waals surface area (Å²) in [5.74, 6) is 5.76. The van der Waals surface area contributed by atoms with E-state index in [2.05, 4.69) is 10.2 Å². The Morgan fingerprint density at radius 2 is 1.78 bits per heavy atom. The maximum Gasteiger partial charge on any atom is 0.298 e. The number of ketones is 1. The maximum absolute atomic E-state index is 12.3. The average Bonchev–Trinajstić information content (AvgIpc) is 2.69. The molecule has 3 aromatic rings. The summed E-state index contributed by atoms with van der Waals surface area (Å²) >= 11 is 6.86. The SMILES string of the molecule is Nn1c(SCC(=O)c2ccc(Cl)cc2)nnc(/C=C/c2ccccc2)c1=O. The Kier molecular flexibility index (Phi) is 6.05. The van der Waals surface area contributed by atoms with Gasteiger partial charge in [-0.3, -0.25) is 9.59 Å². The van der Waals surface area contributed by atoms with Crippen molar-refractivity contribution in [3.8, 4) is 0 Å². The minimum atomic E-state index is -0.487. The number of thioether (sulfide) groups is 1. The van der Waals surface area contributed by atoms with E-state index in [1.807, 2.05) is 30.3 Å². The summed E-state index contributed by atoms with van der Waals surface area (Å²) in [4.78, 5) is 24.5. The third-order valence-corrected chi connectivity index (χ3v) is 4.81. The molecule has 0 aliphatic rings. The molecule has 8 heteroatoms. The lowest BCUT2D eigenvalue weighted by Gasteiger charge is -2.06. The summed E-state index contributed by atoms with van der Waals surface area (Å²) in [7, 11) is 0. The van der Waals surface area contributed by atoms with Crippen LogP contribution in [0.5, 0.6) is 0 Å². The van der Waals surface area contributed by atoms with Crippen LogP contribution in [0.1, 0.15) is 21.6 Å². The molecule has 0 aliphatic carbocycles. The zero-order valence-corrected chi connectivity index (χ0v) is 15.7. The molecule has 0 bridgehead atoms. The molecule has 0 unspecified atom stereocenters. The van der Waals surface area contributed by atoms with E-state index in [-0.39, 0.29) is 22.4 Å². The van der Waals surface area contributed by atoms with Gasteiger partial charge in [-0.2, -0.15) is 4.68 Å². The molecule has 2 N–H and O–H groups in total. The van der Waals surface area contributed by atoms with Gasteiger partial charge in [0, 0.05) is 10.6 Å². The predicted molar refractivity (Wildman–Crippen MR) is 108 cm³/mol. The molecular formula is C19H15ClN4O2S. The van der Waals surface area contributed by atoms with Crippen molar-refractivity contribution >= 4 is 41.3 Å². The monoisotopic (exact) mass is 398 g/mol. The van der Waals surface area contributed by atoms with Crippen LogP contribution >= 0.6 is 23.4 Å². The molecule has 0 aliphatic heterocycles. The number of hydrogen-bond acceptors (Lipinski definition) is 6. The van der Waals surface area contributed by atoms with Crippen LogP contribution in [0.2, 0.25) is 5.02 Å². The van der Waals surface area contributed by atoms with E-state index >= 15 is 0 Å². The number of rotatable bonds is 6. The summed E-state index contributed by atoms with van der Waals surface area (Å²) in [6, 6.07) is 16.1. The molecule has 1 heterocycles.